The van der Waals surface area contributed by atoms with Gasteiger partial charge in [-0.05, 0) is 71.4 Å². The summed E-state index contributed by atoms with van der Waals surface area (Å²) in [6.07, 6.45) is 26.7. The first kappa shape index (κ1) is 48.4. The molecule has 0 spiro atoms. The summed E-state index contributed by atoms with van der Waals surface area (Å²) in [5.41, 5.74) is 7.03. The number of nitrogens with zero attached hydrogens (tertiary/aromatic N) is 4. The van der Waals surface area contributed by atoms with Gasteiger partial charge in [0.2, 0.25) is 0 Å². The number of unbranched alkanes of at least 4 members (excludes halogenated alkanes) is 12. The van der Waals surface area contributed by atoms with Crippen LogP contribution in [0.5, 0.6) is 11.5 Å². The lowest BCUT2D eigenvalue weighted by atomic mass is 10.1. The Labute approximate surface area is 358 Å². The topological polar surface area (TPSA) is 153 Å². The van der Waals surface area contributed by atoms with E-state index in [0.717, 1.165) is 43.9 Å². The molecule has 0 radical (unpaired) electrons. The summed E-state index contributed by atoms with van der Waals surface area (Å²) in [5.74, 6) is 1.45. The SMILES string of the molecule is C=C(CCCCCCC/C=C\CCCCCCCCC)Oc1ccc(OP(=O)(CO[C@H](C)Cn2cnc3c(N)ncnc32)N[C@@H](C)C(=O)O[C@@H](C)CCC)c2ccccc12. The van der Waals surface area contributed by atoms with Crippen molar-refractivity contribution in [3.05, 3.63) is 73.5 Å². The zero-order valence-corrected chi connectivity index (χ0v) is 37.8. The van der Waals surface area contributed by atoms with Gasteiger partial charge in [0.1, 0.15) is 35.7 Å². The molecule has 0 bridgehead atoms. The van der Waals surface area contributed by atoms with Gasteiger partial charge in [-0.25, -0.2) is 20.0 Å². The first-order chi connectivity index (χ1) is 29.0. The molecule has 4 rings (SSSR count). The fourth-order valence-corrected chi connectivity index (χ4v) is 8.94. The second kappa shape index (κ2) is 26.2. The van der Waals surface area contributed by atoms with Crippen LogP contribution in [-0.4, -0.2) is 50.1 Å². The van der Waals surface area contributed by atoms with E-state index in [-0.39, 0.29) is 18.3 Å². The summed E-state index contributed by atoms with van der Waals surface area (Å²) in [6.45, 7) is 14.2. The maximum Gasteiger partial charge on any atom is 0.342 e. The van der Waals surface area contributed by atoms with Gasteiger partial charge in [-0.15, -0.1) is 0 Å². The molecule has 0 aliphatic rings. The molecular formula is C47H71N6O6P. The molecule has 1 unspecified atom stereocenters. The predicted molar refractivity (Wildman–Crippen MR) is 244 cm³/mol. The molecule has 60 heavy (non-hydrogen) atoms. The number of anilines is 1. The molecule has 4 atom stereocenters. The monoisotopic (exact) mass is 847 g/mol. The first-order valence-electron chi connectivity index (χ1n) is 22.4. The minimum absolute atomic E-state index is 0.279. The van der Waals surface area contributed by atoms with Gasteiger partial charge in [0.05, 0.1) is 30.8 Å². The van der Waals surface area contributed by atoms with E-state index in [0.29, 0.717) is 40.4 Å². The summed E-state index contributed by atoms with van der Waals surface area (Å²) in [5, 5.41) is 4.42. The molecule has 330 valence electrons. The molecule has 0 aliphatic carbocycles. The van der Waals surface area contributed by atoms with Gasteiger partial charge in [0.25, 0.3) is 0 Å². The quantitative estimate of drug-likeness (QED) is 0.0164. The van der Waals surface area contributed by atoms with Gasteiger partial charge in [-0.3, -0.25) is 9.36 Å². The molecule has 0 saturated carbocycles. The van der Waals surface area contributed by atoms with Crippen LogP contribution in [-0.2, 0) is 25.4 Å². The number of aromatic nitrogens is 4. The standard InChI is InChI=1S/C47H71N6O6P/c1-7-9-10-11-12-13-14-15-16-17-18-19-20-21-22-23-27-37(4)57-42-30-31-43(41-29-25-24-28-40(41)42)59-60(55,52-39(6)47(54)58-36(3)26-8-2)35-56-38(5)32-53-34-51-44-45(48)49-33-50-46(44)53/h16-17,24-25,28-31,33-34,36,38-39H,4,7-15,18-23,26-27,32,35H2,1-3,5-6H3,(H,52,55)(H2,48,49,50)/b17-16-/t36-,38+,39-,60?/m0/s1. The van der Waals surface area contributed by atoms with E-state index in [4.69, 9.17) is 24.5 Å². The molecule has 0 amide bonds. The molecule has 4 aromatic rings. The number of nitrogen functional groups attached to an aromatic ring is 1. The third kappa shape index (κ3) is 16.3. The number of nitrogens with one attached hydrogen (secondary N) is 1. The number of fused-ring (bicyclic) bond motifs is 2. The molecule has 2 aromatic carbocycles. The average Bonchev–Trinajstić information content (AvgIpc) is 3.64. The minimum Gasteiger partial charge on any atom is -0.462 e. The third-order valence-electron chi connectivity index (χ3n) is 10.5. The van der Waals surface area contributed by atoms with Gasteiger partial charge in [0.15, 0.2) is 11.5 Å². The zero-order chi connectivity index (χ0) is 43.2. The van der Waals surface area contributed by atoms with E-state index in [9.17, 15) is 9.36 Å². The summed E-state index contributed by atoms with van der Waals surface area (Å²) in [7, 11) is -3.90. The molecule has 2 heterocycles. The van der Waals surface area contributed by atoms with Crippen LogP contribution in [0.25, 0.3) is 21.9 Å². The number of benzene rings is 2. The van der Waals surface area contributed by atoms with E-state index in [1.807, 2.05) is 45.0 Å². The second-order valence-corrected chi connectivity index (χ2v) is 18.1. The maximum atomic E-state index is 14.7. The fourth-order valence-electron chi connectivity index (χ4n) is 7.14. The van der Waals surface area contributed by atoms with Gasteiger partial charge in [0, 0.05) is 17.2 Å². The highest BCUT2D eigenvalue weighted by Gasteiger charge is 2.33. The van der Waals surface area contributed by atoms with Crippen LogP contribution in [0.3, 0.4) is 0 Å². The number of hydrogen-bond acceptors (Lipinski definition) is 10. The number of esters is 1. The van der Waals surface area contributed by atoms with Crippen LogP contribution in [0.1, 0.15) is 144 Å². The van der Waals surface area contributed by atoms with Crippen LogP contribution in [0.15, 0.2) is 73.5 Å². The number of carbonyl (C=O) groups excluding carboxylic acids is 1. The maximum absolute atomic E-state index is 14.7. The van der Waals surface area contributed by atoms with Crippen molar-refractivity contribution in [3.8, 4) is 11.5 Å². The summed E-state index contributed by atoms with van der Waals surface area (Å²) < 4.78 is 41.0. The highest BCUT2D eigenvalue weighted by atomic mass is 31.2. The van der Waals surface area contributed by atoms with Crippen molar-refractivity contribution >= 4 is 41.2 Å². The average molecular weight is 847 g/mol. The Kier molecular flexibility index (Phi) is 21.1. The number of nitrogens with two attached hydrogens (primary N) is 1. The van der Waals surface area contributed by atoms with E-state index in [1.54, 1.807) is 30.0 Å². The molecule has 12 nitrogen and oxygen atoms in total. The summed E-state index contributed by atoms with van der Waals surface area (Å²) in [6, 6.07) is 10.2. The lowest BCUT2D eigenvalue weighted by Gasteiger charge is -2.26. The van der Waals surface area contributed by atoms with E-state index < -0.39 is 25.6 Å². The Morgan fingerprint density at radius 2 is 1.47 bits per heavy atom. The number of ether oxygens (including phenoxy) is 3. The number of hydrogen-bond donors (Lipinski definition) is 2. The summed E-state index contributed by atoms with van der Waals surface area (Å²) >= 11 is 0. The van der Waals surface area contributed by atoms with Crippen LogP contribution < -0.4 is 20.1 Å². The van der Waals surface area contributed by atoms with Crippen LogP contribution in [0.2, 0.25) is 0 Å². The lowest BCUT2D eigenvalue weighted by molar-refractivity contribution is -0.150. The highest BCUT2D eigenvalue weighted by molar-refractivity contribution is 7.57. The van der Waals surface area contributed by atoms with Crippen LogP contribution in [0.4, 0.5) is 5.82 Å². The Hall–Kier alpha value is -4.25. The van der Waals surface area contributed by atoms with Gasteiger partial charge in [-0.1, -0.05) is 121 Å². The van der Waals surface area contributed by atoms with E-state index in [1.165, 1.54) is 77.0 Å². The number of rotatable bonds is 31. The Balaban J connectivity index is 1.32. The Bertz CT molecular complexity index is 1980. The Morgan fingerprint density at radius 1 is 0.833 bits per heavy atom. The largest absolute Gasteiger partial charge is 0.462 e. The Morgan fingerprint density at radius 3 is 2.15 bits per heavy atom. The molecule has 0 aliphatic heterocycles. The molecule has 0 saturated heterocycles. The van der Waals surface area contributed by atoms with Crippen molar-refractivity contribution in [2.24, 2.45) is 0 Å². The zero-order valence-electron chi connectivity index (χ0n) is 36.9. The summed E-state index contributed by atoms with van der Waals surface area (Å²) in [4.78, 5) is 25.7. The van der Waals surface area contributed by atoms with E-state index >= 15 is 0 Å². The number of imidazole rings is 1. The van der Waals surface area contributed by atoms with Crippen molar-refractivity contribution in [2.75, 3.05) is 12.1 Å². The molecule has 2 aromatic heterocycles. The molecule has 13 heteroatoms. The first-order valence-corrected chi connectivity index (χ1v) is 24.2. The predicted octanol–water partition coefficient (Wildman–Crippen LogP) is 12.2. The second-order valence-electron chi connectivity index (χ2n) is 16.0. The third-order valence-corrected chi connectivity index (χ3v) is 12.2. The van der Waals surface area contributed by atoms with Crippen molar-refractivity contribution in [1.82, 2.24) is 24.6 Å². The highest BCUT2D eigenvalue weighted by Crippen LogP contribution is 2.47. The van der Waals surface area contributed by atoms with Crippen LogP contribution in [0, 0.1) is 0 Å². The van der Waals surface area contributed by atoms with Crippen molar-refractivity contribution < 1.29 is 28.1 Å². The fraction of sp³-hybridized carbons (Fsp3) is 0.574. The number of allylic oxidation sites excluding steroid dienone is 3. The number of carbonyl (C=O) groups is 1. The van der Waals surface area contributed by atoms with Crippen LogP contribution >= 0.6 is 7.52 Å². The van der Waals surface area contributed by atoms with Crippen molar-refractivity contribution in [2.45, 2.75) is 169 Å². The van der Waals surface area contributed by atoms with Gasteiger partial charge >= 0.3 is 13.5 Å². The van der Waals surface area contributed by atoms with E-state index in [2.05, 4.69) is 45.7 Å². The normalized spacial score (nSPS) is 14.3. The van der Waals surface area contributed by atoms with Gasteiger partial charge < -0.3 is 29.0 Å². The van der Waals surface area contributed by atoms with Gasteiger partial charge in [-0.2, -0.15) is 0 Å². The van der Waals surface area contributed by atoms with Crippen molar-refractivity contribution in [1.29, 1.82) is 0 Å². The smallest absolute Gasteiger partial charge is 0.342 e. The molecular weight excluding hydrogens is 776 g/mol. The van der Waals surface area contributed by atoms with Crippen molar-refractivity contribution in [3.63, 3.8) is 0 Å². The minimum atomic E-state index is -3.90. The lowest BCUT2D eigenvalue weighted by Crippen LogP contribution is -2.37. The molecule has 0 fully saturated rings. The molecule has 3 N–H and O–H groups in total.